The minimum atomic E-state index is -0.227. The molecule has 1 N–H and O–H groups in total. The molecule has 0 aliphatic carbocycles. The van der Waals surface area contributed by atoms with Crippen LogP contribution in [0.15, 0.2) is 6.07 Å². The Morgan fingerprint density at radius 1 is 1.35 bits per heavy atom. The SMILES string of the molecule is COc1cc(OC)c(C2[CH]N(C)CC2)c(O)c1C(C)=O. The maximum atomic E-state index is 11.8. The van der Waals surface area contributed by atoms with Crippen molar-refractivity contribution in [2.24, 2.45) is 0 Å². The zero-order valence-electron chi connectivity index (χ0n) is 12.3. The van der Waals surface area contributed by atoms with Crippen LogP contribution in [0.1, 0.15) is 35.2 Å². The van der Waals surface area contributed by atoms with Gasteiger partial charge in [0.25, 0.3) is 0 Å². The minimum absolute atomic E-state index is 0.0368. The number of phenolic OH excluding ortho intramolecular Hbond substituents is 1. The van der Waals surface area contributed by atoms with Gasteiger partial charge in [-0.2, -0.15) is 0 Å². The molecule has 5 nitrogen and oxygen atoms in total. The molecule has 1 fully saturated rings. The molecule has 1 radical (unpaired) electrons. The van der Waals surface area contributed by atoms with Crippen LogP contribution in [0.5, 0.6) is 17.2 Å². The third kappa shape index (κ3) is 2.45. The highest BCUT2D eigenvalue weighted by molar-refractivity contribution is 6.00. The first-order chi connectivity index (χ1) is 9.49. The maximum Gasteiger partial charge on any atom is 0.167 e. The molecule has 0 amide bonds. The number of benzene rings is 1. The first kappa shape index (κ1) is 14.7. The van der Waals surface area contributed by atoms with Crippen LogP contribution in [0.2, 0.25) is 0 Å². The number of ketones is 1. The Morgan fingerprint density at radius 2 is 2.00 bits per heavy atom. The van der Waals surface area contributed by atoms with Crippen molar-refractivity contribution in [2.45, 2.75) is 19.3 Å². The monoisotopic (exact) mass is 278 g/mol. The second-order valence-electron chi connectivity index (χ2n) is 5.00. The topological polar surface area (TPSA) is 59.0 Å². The first-order valence-electron chi connectivity index (χ1n) is 6.53. The molecule has 0 aromatic heterocycles. The van der Waals surface area contributed by atoms with Gasteiger partial charge in [-0.3, -0.25) is 4.79 Å². The van der Waals surface area contributed by atoms with Crippen LogP contribution in [-0.4, -0.2) is 43.6 Å². The Hall–Kier alpha value is -1.75. The summed E-state index contributed by atoms with van der Waals surface area (Å²) >= 11 is 0. The van der Waals surface area contributed by atoms with Crippen LogP contribution in [0, 0.1) is 6.54 Å². The fraction of sp³-hybridized carbons (Fsp3) is 0.467. The molecule has 5 heteroatoms. The molecule has 0 saturated carbocycles. The normalized spacial score (nSPS) is 19.1. The Morgan fingerprint density at radius 3 is 2.45 bits per heavy atom. The third-order valence-corrected chi connectivity index (χ3v) is 3.66. The molecule has 109 valence electrons. The highest BCUT2D eigenvalue weighted by Crippen LogP contribution is 2.46. The lowest BCUT2D eigenvalue weighted by molar-refractivity contribution is 0.101. The number of hydrogen-bond donors (Lipinski definition) is 1. The third-order valence-electron chi connectivity index (χ3n) is 3.66. The van der Waals surface area contributed by atoms with E-state index in [-0.39, 0.29) is 23.0 Å². The van der Waals surface area contributed by atoms with Gasteiger partial charge in [-0.1, -0.05) is 0 Å². The van der Waals surface area contributed by atoms with Gasteiger partial charge in [0.15, 0.2) is 5.78 Å². The van der Waals surface area contributed by atoms with Gasteiger partial charge < -0.3 is 19.5 Å². The van der Waals surface area contributed by atoms with Crippen molar-refractivity contribution in [3.05, 3.63) is 23.7 Å². The minimum Gasteiger partial charge on any atom is -0.507 e. The molecule has 1 heterocycles. The number of ether oxygens (including phenoxy) is 2. The number of likely N-dealkylation sites (tertiary alicyclic amines) is 1. The molecule has 0 spiro atoms. The van der Waals surface area contributed by atoms with Gasteiger partial charge in [0.1, 0.15) is 22.8 Å². The summed E-state index contributed by atoms with van der Waals surface area (Å²) in [5, 5.41) is 10.5. The fourth-order valence-electron chi connectivity index (χ4n) is 2.68. The lowest BCUT2D eigenvalue weighted by atomic mass is 9.92. The molecule has 1 saturated heterocycles. The predicted octanol–water partition coefficient (Wildman–Crippen LogP) is 2.19. The van der Waals surface area contributed by atoms with E-state index in [1.807, 2.05) is 13.6 Å². The van der Waals surface area contributed by atoms with Crippen LogP contribution < -0.4 is 9.47 Å². The first-order valence-corrected chi connectivity index (χ1v) is 6.53. The molecular formula is C15H20NO4. The number of nitrogens with zero attached hydrogens (tertiary/aromatic N) is 1. The molecule has 1 aliphatic rings. The number of carbonyl (C=O) groups excluding carboxylic acids is 1. The quantitative estimate of drug-likeness (QED) is 0.856. The van der Waals surface area contributed by atoms with Gasteiger partial charge in [0, 0.05) is 24.1 Å². The van der Waals surface area contributed by atoms with Crippen LogP contribution in [0.3, 0.4) is 0 Å². The van der Waals surface area contributed by atoms with Crippen LogP contribution in [0.4, 0.5) is 0 Å². The maximum absolute atomic E-state index is 11.8. The smallest absolute Gasteiger partial charge is 0.167 e. The van der Waals surface area contributed by atoms with E-state index < -0.39 is 0 Å². The lowest BCUT2D eigenvalue weighted by Gasteiger charge is -2.20. The molecule has 0 bridgehead atoms. The Bertz CT molecular complexity index is 527. The molecular weight excluding hydrogens is 258 g/mol. The molecule has 1 atom stereocenters. The van der Waals surface area contributed by atoms with Crippen molar-refractivity contribution in [1.82, 2.24) is 4.90 Å². The summed E-state index contributed by atoms with van der Waals surface area (Å²) in [4.78, 5) is 13.8. The zero-order chi connectivity index (χ0) is 14.9. The average Bonchev–Trinajstić information content (AvgIpc) is 2.82. The van der Waals surface area contributed by atoms with Gasteiger partial charge in [-0.05, 0) is 26.9 Å². The largest absolute Gasteiger partial charge is 0.507 e. The standard InChI is InChI=1S/C15H20NO4/c1-9(17)13-11(19-3)7-12(20-4)14(15(13)18)10-5-6-16(2)8-10/h7-8,10,18H,5-6H2,1-4H3. The number of carbonyl (C=O) groups is 1. The lowest BCUT2D eigenvalue weighted by Crippen LogP contribution is -2.09. The van der Waals surface area contributed by atoms with E-state index in [9.17, 15) is 9.90 Å². The van der Waals surface area contributed by atoms with Gasteiger partial charge in [0.05, 0.1) is 14.2 Å². The van der Waals surface area contributed by atoms with Crippen molar-refractivity contribution >= 4 is 5.78 Å². The van der Waals surface area contributed by atoms with Crippen LogP contribution >= 0.6 is 0 Å². The summed E-state index contributed by atoms with van der Waals surface area (Å²) < 4.78 is 10.5. The van der Waals surface area contributed by atoms with Crippen LogP contribution in [-0.2, 0) is 0 Å². The molecule has 1 aliphatic heterocycles. The molecule has 1 unspecified atom stereocenters. The Balaban J connectivity index is 2.59. The second kappa shape index (κ2) is 5.71. The van der Waals surface area contributed by atoms with Crippen LogP contribution in [0.25, 0.3) is 0 Å². The summed E-state index contributed by atoms with van der Waals surface area (Å²) in [6.45, 7) is 4.36. The average molecular weight is 278 g/mol. The highest BCUT2D eigenvalue weighted by Gasteiger charge is 2.31. The highest BCUT2D eigenvalue weighted by atomic mass is 16.5. The summed E-state index contributed by atoms with van der Waals surface area (Å²) in [7, 11) is 5.00. The van der Waals surface area contributed by atoms with Crippen molar-refractivity contribution in [3.8, 4) is 17.2 Å². The van der Waals surface area contributed by atoms with E-state index >= 15 is 0 Å². The van der Waals surface area contributed by atoms with E-state index in [0.717, 1.165) is 13.0 Å². The van der Waals surface area contributed by atoms with Gasteiger partial charge in [-0.15, -0.1) is 0 Å². The molecule has 1 aromatic rings. The van der Waals surface area contributed by atoms with E-state index in [4.69, 9.17) is 9.47 Å². The Labute approximate surface area is 119 Å². The van der Waals surface area contributed by atoms with Crippen molar-refractivity contribution in [2.75, 3.05) is 27.8 Å². The number of likely N-dealkylation sites (N-methyl/N-ethyl adjacent to an activating group) is 1. The van der Waals surface area contributed by atoms with E-state index in [2.05, 4.69) is 4.90 Å². The number of phenols is 1. The number of Topliss-reactive ketones (excluding diaryl/α,β-unsaturated/α-hetero) is 1. The summed E-state index contributed by atoms with van der Waals surface area (Å²) in [6.07, 6.45) is 0.879. The van der Waals surface area contributed by atoms with E-state index in [1.54, 1.807) is 13.2 Å². The fourth-order valence-corrected chi connectivity index (χ4v) is 2.68. The summed E-state index contributed by atoms with van der Waals surface area (Å²) in [6, 6.07) is 1.66. The van der Waals surface area contributed by atoms with Crippen molar-refractivity contribution in [3.63, 3.8) is 0 Å². The second-order valence-corrected chi connectivity index (χ2v) is 5.00. The number of methoxy groups -OCH3 is 2. The van der Waals surface area contributed by atoms with Crippen molar-refractivity contribution < 1.29 is 19.4 Å². The number of rotatable bonds is 4. The molecule has 2 rings (SSSR count). The van der Waals surface area contributed by atoms with E-state index in [0.29, 0.717) is 17.1 Å². The van der Waals surface area contributed by atoms with Gasteiger partial charge in [0.2, 0.25) is 0 Å². The van der Waals surface area contributed by atoms with E-state index in [1.165, 1.54) is 14.0 Å². The molecule has 20 heavy (non-hydrogen) atoms. The number of hydrogen-bond acceptors (Lipinski definition) is 5. The zero-order valence-corrected chi connectivity index (χ0v) is 12.3. The summed E-state index contributed by atoms with van der Waals surface area (Å²) in [5.74, 6) is 0.654. The number of aromatic hydroxyl groups is 1. The molecule has 1 aromatic carbocycles. The van der Waals surface area contributed by atoms with Gasteiger partial charge >= 0.3 is 0 Å². The van der Waals surface area contributed by atoms with Crippen molar-refractivity contribution in [1.29, 1.82) is 0 Å². The summed E-state index contributed by atoms with van der Waals surface area (Å²) in [5.41, 5.74) is 0.870. The van der Waals surface area contributed by atoms with Gasteiger partial charge in [-0.25, -0.2) is 0 Å². The predicted molar refractivity (Wildman–Crippen MR) is 75.5 cm³/mol. The Kier molecular flexibility index (Phi) is 4.18.